The van der Waals surface area contributed by atoms with Crippen molar-refractivity contribution in [1.29, 1.82) is 0 Å². The Morgan fingerprint density at radius 2 is 1.85 bits per heavy atom. The Bertz CT molecular complexity index is 371. The highest BCUT2D eigenvalue weighted by Gasteiger charge is 2.15. The molecule has 72 valence electrons. The van der Waals surface area contributed by atoms with E-state index >= 15 is 0 Å². The van der Waals surface area contributed by atoms with Crippen LogP contribution in [-0.2, 0) is 5.54 Å². The lowest BCUT2D eigenvalue weighted by molar-refractivity contribution is 0.377. The summed E-state index contributed by atoms with van der Waals surface area (Å²) in [5, 5.41) is 0. The van der Waals surface area contributed by atoms with Crippen molar-refractivity contribution in [2.75, 3.05) is 0 Å². The predicted molar refractivity (Wildman–Crippen MR) is 53.0 cm³/mol. The van der Waals surface area contributed by atoms with Gasteiger partial charge < -0.3 is 0 Å². The zero-order chi connectivity index (χ0) is 10.2. The maximum atomic E-state index is 11.8. The van der Waals surface area contributed by atoms with Crippen molar-refractivity contribution in [3.05, 3.63) is 27.9 Å². The molecule has 13 heavy (non-hydrogen) atoms. The highest BCUT2D eigenvalue weighted by molar-refractivity contribution is 5.13. The van der Waals surface area contributed by atoms with Crippen LogP contribution < -0.4 is 5.56 Å². The molecule has 0 aliphatic carbocycles. The zero-order valence-corrected chi connectivity index (χ0v) is 8.88. The second-order valence-electron chi connectivity index (χ2n) is 4.30. The number of rotatable bonds is 0. The Kier molecular flexibility index (Phi) is 2.28. The Morgan fingerprint density at radius 1 is 1.31 bits per heavy atom. The molecule has 0 spiro atoms. The van der Waals surface area contributed by atoms with Crippen molar-refractivity contribution in [1.82, 2.24) is 9.55 Å². The molecule has 0 aliphatic heterocycles. The minimum Gasteiger partial charge on any atom is -0.294 e. The fraction of sp³-hybridized carbons (Fsp3) is 0.600. The van der Waals surface area contributed by atoms with Crippen LogP contribution in [0.1, 0.15) is 32.0 Å². The van der Waals surface area contributed by atoms with E-state index < -0.39 is 0 Å². The lowest BCUT2D eigenvalue weighted by Gasteiger charge is -2.22. The first-order valence-electron chi connectivity index (χ1n) is 4.39. The summed E-state index contributed by atoms with van der Waals surface area (Å²) in [7, 11) is 0. The third kappa shape index (κ3) is 1.79. The fourth-order valence-corrected chi connectivity index (χ4v) is 1.11. The van der Waals surface area contributed by atoms with E-state index in [0.29, 0.717) is 0 Å². The van der Waals surface area contributed by atoms with Crippen LogP contribution in [0.25, 0.3) is 0 Å². The number of aromatic nitrogens is 2. The molecule has 0 aliphatic rings. The van der Waals surface area contributed by atoms with Crippen LogP contribution in [0.5, 0.6) is 0 Å². The van der Waals surface area contributed by atoms with Gasteiger partial charge in [0, 0.05) is 16.8 Å². The lowest BCUT2D eigenvalue weighted by atomic mass is 10.1. The summed E-state index contributed by atoms with van der Waals surface area (Å²) in [5.74, 6) is 0. The van der Waals surface area contributed by atoms with Gasteiger partial charge in [-0.15, -0.1) is 0 Å². The summed E-state index contributed by atoms with van der Waals surface area (Å²) < 4.78 is 1.66. The Labute approximate surface area is 78.4 Å². The largest absolute Gasteiger partial charge is 0.294 e. The van der Waals surface area contributed by atoms with Crippen LogP contribution in [0.4, 0.5) is 0 Å². The molecule has 0 N–H and O–H groups in total. The first kappa shape index (κ1) is 9.96. The molecule has 0 radical (unpaired) electrons. The molecule has 1 aromatic heterocycles. The quantitative estimate of drug-likeness (QED) is 0.608. The van der Waals surface area contributed by atoms with Gasteiger partial charge in [0.05, 0.1) is 6.33 Å². The molecule has 3 nitrogen and oxygen atoms in total. The van der Waals surface area contributed by atoms with Gasteiger partial charge in [-0.25, -0.2) is 4.98 Å². The van der Waals surface area contributed by atoms with Crippen LogP contribution in [0.2, 0.25) is 0 Å². The molecule has 0 atom stereocenters. The Balaban J connectivity index is 3.44. The molecular formula is C10H16N2O. The molecule has 0 fully saturated rings. The smallest absolute Gasteiger partial charge is 0.256 e. The molecule has 0 saturated heterocycles. The van der Waals surface area contributed by atoms with Crippen molar-refractivity contribution in [3.8, 4) is 0 Å². The van der Waals surface area contributed by atoms with E-state index in [1.54, 1.807) is 10.9 Å². The van der Waals surface area contributed by atoms with Gasteiger partial charge in [0.1, 0.15) is 0 Å². The third-order valence-electron chi connectivity index (χ3n) is 2.17. The summed E-state index contributed by atoms with van der Waals surface area (Å²) in [6.45, 7) is 9.64. The van der Waals surface area contributed by atoms with Crippen molar-refractivity contribution in [3.63, 3.8) is 0 Å². The van der Waals surface area contributed by atoms with Crippen LogP contribution in [-0.4, -0.2) is 9.55 Å². The summed E-state index contributed by atoms with van der Waals surface area (Å²) in [4.78, 5) is 15.9. The third-order valence-corrected chi connectivity index (χ3v) is 2.17. The number of aryl methyl sites for hydroxylation is 1. The van der Waals surface area contributed by atoms with Crippen molar-refractivity contribution in [2.45, 2.75) is 40.2 Å². The second-order valence-corrected chi connectivity index (χ2v) is 4.30. The van der Waals surface area contributed by atoms with Gasteiger partial charge in [-0.1, -0.05) is 0 Å². The van der Waals surface area contributed by atoms with Gasteiger partial charge in [0.15, 0.2) is 0 Å². The predicted octanol–water partition coefficient (Wildman–Crippen LogP) is 1.62. The molecule has 0 bridgehead atoms. The van der Waals surface area contributed by atoms with E-state index in [0.717, 1.165) is 11.3 Å². The number of hydrogen-bond acceptors (Lipinski definition) is 2. The Morgan fingerprint density at radius 3 is 2.31 bits per heavy atom. The number of nitrogens with zero attached hydrogens (tertiary/aromatic N) is 2. The molecule has 0 unspecified atom stereocenters. The normalized spacial score (nSPS) is 11.8. The maximum absolute atomic E-state index is 11.8. The van der Waals surface area contributed by atoms with Crippen LogP contribution in [0, 0.1) is 13.8 Å². The average Bonchev–Trinajstić information content (AvgIpc) is 1.98. The van der Waals surface area contributed by atoms with Crippen LogP contribution >= 0.6 is 0 Å². The zero-order valence-electron chi connectivity index (χ0n) is 8.88. The van der Waals surface area contributed by atoms with E-state index in [9.17, 15) is 4.79 Å². The number of hydrogen-bond donors (Lipinski definition) is 0. The van der Waals surface area contributed by atoms with E-state index in [2.05, 4.69) is 4.98 Å². The minimum atomic E-state index is -0.192. The molecule has 1 rings (SSSR count). The maximum Gasteiger partial charge on any atom is 0.256 e. The second kappa shape index (κ2) is 2.98. The molecule has 0 amide bonds. The van der Waals surface area contributed by atoms with Crippen LogP contribution in [0.3, 0.4) is 0 Å². The average molecular weight is 180 g/mol. The fourth-order valence-electron chi connectivity index (χ4n) is 1.11. The van der Waals surface area contributed by atoms with Gasteiger partial charge in [-0.05, 0) is 34.6 Å². The molecular weight excluding hydrogens is 164 g/mol. The highest BCUT2D eigenvalue weighted by Crippen LogP contribution is 2.10. The van der Waals surface area contributed by atoms with Crippen molar-refractivity contribution < 1.29 is 0 Å². The standard InChI is InChI=1S/C10H16N2O/c1-7-8(2)11-6-12(9(7)13)10(3,4)5/h6H,1-5H3. The van der Waals surface area contributed by atoms with Gasteiger partial charge in [-0.3, -0.25) is 9.36 Å². The summed E-state index contributed by atoms with van der Waals surface area (Å²) in [5.41, 5.74) is 1.41. The van der Waals surface area contributed by atoms with Crippen LogP contribution in [0.15, 0.2) is 11.1 Å². The van der Waals surface area contributed by atoms with E-state index in [1.807, 2.05) is 34.6 Å². The van der Waals surface area contributed by atoms with Crippen molar-refractivity contribution in [2.24, 2.45) is 0 Å². The Hall–Kier alpha value is -1.12. The van der Waals surface area contributed by atoms with Gasteiger partial charge >= 0.3 is 0 Å². The summed E-state index contributed by atoms with van der Waals surface area (Å²) >= 11 is 0. The minimum absolute atomic E-state index is 0.0556. The first-order valence-corrected chi connectivity index (χ1v) is 4.39. The summed E-state index contributed by atoms with van der Waals surface area (Å²) in [6, 6.07) is 0. The van der Waals surface area contributed by atoms with E-state index in [-0.39, 0.29) is 11.1 Å². The van der Waals surface area contributed by atoms with Gasteiger partial charge in [-0.2, -0.15) is 0 Å². The molecule has 1 aromatic rings. The molecule has 3 heteroatoms. The van der Waals surface area contributed by atoms with Gasteiger partial charge in [0.25, 0.3) is 5.56 Å². The summed E-state index contributed by atoms with van der Waals surface area (Å²) in [6.07, 6.45) is 1.62. The first-order chi connectivity index (χ1) is 5.84. The monoisotopic (exact) mass is 180 g/mol. The lowest BCUT2D eigenvalue weighted by Crippen LogP contribution is -2.35. The van der Waals surface area contributed by atoms with Gasteiger partial charge in [0.2, 0.25) is 0 Å². The van der Waals surface area contributed by atoms with Crippen molar-refractivity contribution >= 4 is 0 Å². The molecule has 0 aromatic carbocycles. The highest BCUT2D eigenvalue weighted by atomic mass is 16.1. The SMILES string of the molecule is Cc1ncn(C(C)(C)C)c(=O)c1C. The van der Waals surface area contributed by atoms with E-state index in [4.69, 9.17) is 0 Å². The molecule has 0 saturated carbocycles. The molecule has 1 heterocycles. The topological polar surface area (TPSA) is 34.9 Å². The van der Waals surface area contributed by atoms with E-state index in [1.165, 1.54) is 0 Å².